The van der Waals surface area contributed by atoms with Crippen molar-refractivity contribution >= 4 is 11.8 Å². The summed E-state index contributed by atoms with van der Waals surface area (Å²) in [5, 5.41) is 9.46. The minimum Gasteiger partial charge on any atom is -0.392 e. The normalized spacial score (nSPS) is 20.2. The minimum atomic E-state index is -0.336. The van der Waals surface area contributed by atoms with Crippen molar-refractivity contribution in [1.82, 2.24) is 14.7 Å². The lowest BCUT2D eigenvalue weighted by atomic mass is 10.1. The molecule has 1 aromatic rings. The van der Waals surface area contributed by atoms with E-state index in [-0.39, 0.29) is 17.9 Å². The number of amides is 2. The first-order chi connectivity index (χ1) is 12.0. The van der Waals surface area contributed by atoms with Gasteiger partial charge in [0.1, 0.15) is 0 Å². The van der Waals surface area contributed by atoms with E-state index < -0.39 is 0 Å². The van der Waals surface area contributed by atoms with Gasteiger partial charge >= 0.3 is 0 Å². The van der Waals surface area contributed by atoms with Crippen LogP contribution in [0.4, 0.5) is 0 Å². The predicted octanol–water partition coefficient (Wildman–Crippen LogP) is 0.948. The monoisotopic (exact) mass is 345 g/mol. The predicted molar refractivity (Wildman–Crippen MR) is 95.1 cm³/mol. The summed E-state index contributed by atoms with van der Waals surface area (Å²) in [6.07, 6.45) is 1.26. The second kappa shape index (κ2) is 7.97. The van der Waals surface area contributed by atoms with Crippen molar-refractivity contribution in [1.29, 1.82) is 0 Å². The number of carbonyl (C=O) groups excluding carboxylic acids is 2. The van der Waals surface area contributed by atoms with Crippen molar-refractivity contribution in [2.75, 3.05) is 39.3 Å². The van der Waals surface area contributed by atoms with Crippen molar-refractivity contribution in [2.45, 2.75) is 32.4 Å². The number of hydrogen-bond acceptors (Lipinski definition) is 4. The van der Waals surface area contributed by atoms with E-state index in [0.717, 1.165) is 31.6 Å². The van der Waals surface area contributed by atoms with Gasteiger partial charge < -0.3 is 14.9 Å². The van der Waals surface area contributed by atoms with E-state index in [0.29, 0.717) is 38.2 Å². The third-order valence-corrected chi connectivity index (χ3v) is 4.93. The third-order valence-electron chi connectivity index (χ3n) is 4.93. The molecule has 6 heteroatoms. The summed E-state index contributed by atoms with van der Waals surface area (Å²) in [6, 6.07) is 7.62. The van der Waals surface area contributed by atoms with Crippen LogP contribution in [0.2, 0.25) is 0 Å². The molecule has 0 radical (unpaired) electrons. The molecule has 2 fully saturated rings. The fraction of sp³-hybridized carbons (Fsp3) is 0.579. The van der Waals surface area contributed by atoms with Crippen molar-refractivity contribution in [3.05, 3.63) is 35.4 Å². The van der Waals surface area contributed by atoms with Crippen LogP contribution in [0.5, 0.6) is 0 Å². The van der Waals surface area contributed by atoms with Crippen LogP contribution >= 0.6 is 0 Å². The molecule has 3 rings (SSSR count). The Morgan fingerprint density at radius 1 is 1.12 bits per heavy atom. The number of rotatable bonds is 5. The summed E-state index contributed by atoms with van der Waals surface area (Å²) in [7, 11) is 0. The molecule has 2 heterocycles. The fourth-order valence-electron chi connectivity index (χ4n) is 3.53. The number of piperazine rings is 1. The molecule has 2 aliphatic heterocycles. The van der Waals surface area contributed by atoms with Crippen molar-refractivity contribution in [2.24, 2.45) is 0 Å². The highest BCUT2D eigenvalue weighted by Gasteiger charge is 2.23. The summed E-state index contributed by atoms with van der Waals surface area (Å²) in [4.78, 5) is 30.3. The molecule has 0 unspecified atom stereocenters. The van der Waals surface area contributed by atoms with Gasteiger partial charge in [0, 0.05) is 57.8 Å². The molecule has 2 amide bonds. The number of benzene rings is 1. The maximum absolute atomic E-state index is 12.6. The highest BCUT2D eigenvalue weighted by Crippen LogP contribution is 2.16. The molecule has 0 bridgehead atoms. The summed E-state index contributed by atoms with van der Waals surface area (Å²) in [5.74, 6) is 0.274. The summed E-state index contributed by atoms with van der Waals surface area (Å²) >= 11 is 0. The van der Waals surface area contributed by atoms with Crippen LogP contribution in [0.3, 0.4) is 0 Å². The topological polar surface area (TPSA) is 64.1 Å². The molecule has 0 saturated carbocycles. The first-order valence-electron chi connectivity index (χ1n) is 9.09. The van der Waals surface area contributed by atoms with Gasteiger partial charge in [0.2, 0.25) is 5.91 Å². The number of β-amino-alcohol motifs (C(OH)–C–C–N with tert-alkyl or cyclic N) is 1. The molecule has 2 aliphatic rings. The first kappa shape index (κ1) is 17.9. The number of hydrogen-bond donors (Lipinski definition) is 1. The van der Waals surface area contributed by atoms with Crippen LogP contribution in [0, 0.1) is 0 Å². The van der Waals surface area contributed by atoms with Crippen LogP contribution in [-0.4, -0.2) is 77.0 Å². The Morgan fingerprint density at radius 2 is 1.80 bits per heavy atom. The molecule has 6 nitrogen and oxygen atoms in total. The maximum atomic E-state index is 12.6. The summed E-state index contributed by atoms with van der Waals surface area (Å²) in [5.41, 5.74) is 1.76. The Hall–Kier alpha value is -1.92. The zero-order valence-corrected chi connectivity index (χ0v) is 14.9. The van der Waals surface area contributed by atoms with Gasteiger partial charge in [-0.05, 0) is 31.0 Å². The standard InChI is InChI=1S/C19H27N3O3/c1-15(23)13-20-9-11-21(12-10-20)19(25)17-6-4-16(5-7-17)14-22-8-2-3-18(22)24/h4-7,15,23H,2-3,8-14H2,1H3/t15-/m1/s1. The Balaban J connectivity index is 1.53. The van der Waals surface area contributed by atoms with Gasteiger partial charge in [-0.2, -0.15) is 0 Å². The highest BCUT2D eigenvalue weighted by atomic mass is 16.3. The van der Waals surface area contributed by atoms with Crippen LogP contribution in [0.1, 0.15) is 35.7 Å². The average Bonchev–Trinajstić information content (AvgIpc) is 3.00. The smallest absolute Gasteiger partial charge is 0.253 e. The molecule has 1 N–H and O–H groups in total. The van der Waals surface area contributed by atoms with Crippen LogP contribution < -0.4 is 0 Å². The molecule has 0 aromatic heterocycles. The van der Waals surface area contributed by atoms with E-state index in [4.69, 9.17) is 0 Å². The van der Waals surface area contributed by atoms with Gasteiger partial charge in [-0.3, -0.25) is 14.5 Å². The Kier molecular flexibility index (Phi) is 5.71. The largest absolute Gasteiger partial charge is 0.392 e. The molecule has 136 valence electrons. The second-order valence-corrected chi connectivity index (χ2v) is 7.06. The molecule has 1 aromatic carbocycles. The number of nitrogens with zero attached hydrogens (tertiary/aromatic N) is 3. The quantitative estimate of drug-likeness (QED) is 0.863. The zero-order valence-electron chi connectivity index (χ0n) is 14.9. The van der Waals surface area contributed by atoms with E-state index in [1.54, 1.807) is 6.92 Å². The molecule has 2 saturated heterocycles. The molecule has 0 spiro atoms. The third kappa shape index (κ3) is 4.58. The van der Waals surface area contributed by atoms with Gasteiger partial charge in [0.05, 0.1) is 6.10 Å². The van der Waals surface area contributed by atoms with Crippen molar-refractivity contribution < 1.29 is 14.7 Å². The van der Waals surface area contributed by atoms with Crippen molar-refractivity contribution in [3.8, 4) is 0 Å². The van der Waals surface area contributed by atoms with E-state index in [1.165, 1.54) is 0 Å². The van der Waals surface area contributed by atoms with Crippen molar-refractivity contribution in [3.63, 3.8) is 0 Å². The lowest BCUT2D eigenvalue weighted by Crippen LogP contribution is -2.50. The number of carbonyl (C=O) groups is 2. The van der Waals surface area contributed by atoms with Crippen LogP contribution in [-0.2, 0) is 11.3 Å². The molecule has 25 heavy (non-hydrogen) atoms. The molecule has 1 atom stereocenters. The van der Waals surface area contributed by atoms with Gasteiger partial charge in [0.15, 0.2) is 0 Å². The number of aliphatic hydroxyl groups is 1. The maximum Gasteiger partial charge on any atom is 0.253 e. The minimum absolute atomic E-state index is 0.0560. The highest BCUT2D eigenvalue weighted by molar-refractivity contribution is 5.94. The van der Waals surface area contributed by atoms with Gasteiger partial charge in [-0.15, -0.1) is 0 Å². The van der Waals surface area contributed by atoms with E-state index in [9.17, 15) is 14.7 Å². The van der Waals surface area contributed by atoms with Crippen LogP contribution in [0.25, 0.3) is 0 Å². The average molecular weight is 345 g/mol. The summed E-state index contributed by atoms with van der Waals surface area (Å²) < 4.78 is 0. The Morgan fingerprint density at radius 3 is 2.36 bits per heavy atom. The lowest BCUT2D eigenvalue weighted by Gasteiger charge is -2.35. The Labute approximate surface area is 149 Å². The van der Waals surface area contributed by atoms with E-state index >= 15 is 0 Å². The number of likely N-dealkylation sites (tertiary alicyclic amines) is 1. The van der Waals surface area contributed by atoms with Crippen LogP contribution in [0.15, 0.2) is 24.3 Å². The van der Waals surface area contributed by atoms with Gasteiger partial charge in [-0.25, -0.2) is 0 Å². The first-order valence-corrected chi connectivity index (χ1v) is 9.09. The molecular weight excluding hydrogens is 318 g/mol. The summed E-state index contributed by atoms with van der Waals surface area (Å²) in [6.45, 7) is 6.88. The van der Waals surface area contributed by atoms with Gasteiger partial charge in [0.25, 0.3) is 5.91 Å². The number of aliphatic hydroxyl groups excluding tert-OH is 1. The van der Waals surface area contributed by atoms with E-state index in [2.05, 4.69) is 4.90 Å². The van der Waals surface area contributed by atoms with E-state index in [1.807, 2.05) is 34.1 Å². The Bertz CT molecular complexity index is 607. The zero-order chi connectivity index (χ0) is 17.8. The molecular formula is C19H27N3O3. The second-order valence-electron chi connectivity index (χ2n) is 7.06. The molecule has 0 aliphatic carbocycles. The SMILES string of the molecule is C[C@@H](O)CN1CCN(C(=O)c2ccc(CN3CCCC3=O)cc2)CC1. The van der Waals surface area contributed by atoms with Gasteiger partial charge in [-0.1, -0.05) is 12.1 Å². The fourth-order valence-corrected chi connectivity index (χ4v) is 3.53. The lowest BCUT2D eigenvalue weighted by molar-refractivity contribution is -0.128.